The lowest BCUT2D eigenvalue weighted by Crippen LogP contribution is -2.35. The smallest absolute Gasteiger partial charge is 0.274 e. The van der Waals surface area contributed by atoms with E-state index in [9.17, 15) is 9.59 Å². The van der Waals surface area contributed by atoms with Gasteiger partial charge in [0.15, 0.2) is 0 Å². The molecule has 0 spiro atoms. The number of nitrogens with one attached hydrogen (secondary N) is 1. The number of nitrogens with zero attached hydrogens (tertiary/aromatic N) is 3. The van der Waals surface area contributed by atoms with Gasteiger partial charge in [0, 0.05) is 17.8 Å². The number of carbonyl (C=O) groups is 1. The number of fused-ring (bicyclic) bond motifs is 1. The van der Waals surface area contributed by atoms with Crippen molar-refractivity contribution < 1.29 is 4.79 Å². The average molecular weight is 354 g/mol. The van der Waals surface area contributed by atoms with Crippen LogP contribution in [0.5, 0.6) is 0 Å². The molecule has 4 rings (SSSR count). The van der Waals surface area contributed by atoms with Gasteiger partial charge < -0.3 is 10.2 Å². The van der Waals surface area contributed by atoms with E-state index in [0.29, 0.717) is 18.5 Å². The van der Waals surface area contributed by atoms with Gasteiger partial charge in [-0.05, 0) is 44.8 Å². The molecule has 1 saturated heterocycles. The Balaban J connectivity index is 1.56. The monoisotopic (exact) mass is 354 g/mol. The maximum Gasteiger partial charge on any atom is 0.274 e. The van der Waals surface area contributed by atoms with Crippen LogP contribution in [0.15, 0.2) is 29.1 Å². The van der Waals surface area contributed by atoms with Crippen LogP contribution in [0.1, 0.15) is 37.8 Å². The van der Waals surface area contributed by atoms with Crippen LogP contribution in [-0.4, -0.2) is 40.2 Å². The Morgan fingerprint density at radius 3 is 2.50 bits per heavy atom. The quantitative estimate of drug-likeness (QED) is 0.860. The summed E-state index contributed by atoms with van der Waals surface area (Å²) in [5.41, 5.74) is 0.725. The topological polar surface area (TPSA) is 67.2 Å². The molecule has 1 aliphatic heterocycles. The number of hydrogen-bond acceptors (Lipinski definition) is 4. The fourth-order valence-electron chi connectivity index (χ4n) is 3.82. The molecule has 0 radical (unpaired) electrons. The first-order valence-electron chi connectivity index (χ1n) is 9.71. The molecule has 1 aromatic heterocycles. The van der Waals surface area contributed by atoms with Gasteiger partial charge in [-0.2, -0.15) is 5.10 Å². The molecular formula is C20H26N4O2. The average Bonchev–Trinajstić information content (AvgIpc) is 3.12. The van der Waals surface area contributed by atoms with Crippen molar-refractivity contribution in [3.8, 4) is 0 Å². The zero-order valence-corrected chi connectivity index (χ0v) is 15.1. The van der Waals surface area contributed by atoms with E-state index in [1.165, 1.54) is 12.8 Å². The van der Waals surface area contributed by atoms with E-state index in [0.717, 1.165) is 50.0 Å². The first kappa shape index (κ1) is 17.2. The van der Waals surface area contributed by atoms with E-state index in [-0.39, 0.29) is 17.4 Å². The third kappa shape index (κ3) is 3.51. The summed E-state index contributed by atoms with van der Waals surface area (Å²) in [6.07, 6.45) is 5.57. The number of aromatic nitrogens is 2. The normalized spacial score (nSPS) is 18.2. The Kier molecular flexibility index (Phi) is 5.02. The van der Waals surface area contributed by atoms with Gasteiger partial charge in [-0.3, -0.25) is 9.59 Å². The second-order valence-electron chi connectivity index (χ2n) is 7.41. The summed E-state index contributed by atoms with van der Waals surface area (Å²) < 4.78 is 1.57. The van der Waals surface area contributed by atoms with Crippen molar-refractivity contribution in [2.45, 2.75) is 45.2 Å². The van der Waals surface area contributed by atoms with Gasteiger partial charge >= 0.3 is 0 Å². The molecule has 138 valence electrons. The molecule has 0 unspecified atom stereocenters. The molecule has 1 aliphatic carbocycles. The molecular weight excluding hydrogens is 328 g/mol. The first-order valence-corrected chi connectivity index (χ1v) is 9.71. The lowest BCUT2D eigenvalue weighted by atomic mass is 9.85. The van der Waals surface area contributed by atoms with Gasteiger partial charge in [0.25, 0.3) is 5.56 Å². The zero-order chi connectivity index (χ0) is 17.9. The highest BCUT2D eigenvalue weighted by Crippen LogP contribution is 2.26. The standard InChI is InChI=1S/C20H26N4O2/c25-19(15-6-5-7-15)21-14-18-16-8-1-2-9-17(16)20(26)24(22-18)13-12-23-10-3-4-11-23/h1-2,8-9,15H,3-7,10-14H2,(H,21,25). The van der Waals surface area contributed by atoms with E-state index in [1.54, 1.807) is 4.68 Å². The molecule has 6 nitrogen and oxygen atoms in total. The third-order valence-electron chi connectivity index (χ3n) is 5.68. The highest BCUT2D eigenvalue weighted by molar-refractivity contribution is 5.84. The van der Waals surface area contributed by atoms with Gasteiger partial charge in [-0.1, -0.05) is 24.6 Å². The van der Waals surface area contributed by atoms with Crippen LogP contribution in [0, 0.1) is 5.92 Å². The summed E-state index contributed by atoms with van der Waals surface area (Å²) >= 11 is 0. The van der Waals surface area contributed by atoms with Crippen molar-refractivity contribution >= 4 is 16.7 Å². The Labute approximate surface area is 153 Å². The predicted octanol–water partition coefficient (Wildman–Crippen LogP) is 1.91. The van der Waals surface area contributed by atoms with Crippen LogP contribution in [-0.2, 0) is 17.9 Å². The Morgan fingerprint density at radius 1 is 1.08 bits per heavy atom. The fraction of sp³-hybridized carbons (Fsp3) is 0.550. The molecule has 2 fully saturated rings. The Morgan fingerprint density at radius 2 is 1.81 bits per heavy atom. The van der Waals surface area contributed by atoms with E-state index < -0.39 is 0 Å². The lowest BCUT2D eigenvalue weighted by Gasteiger charge is -2.24. The van der Waals surface area contributed by atoms with Crippen LogP contribution >= 0.6 is 0 Å². The highest BCUT2D eigenvalue weighted by Gasteiger charge is 2.25. The summed E-state index contributed by atoms with van der Waals surface area (Å²) in [6.45, 7) is 4.02. The molecule has 0 atom stereocenters. The second kappa shape index (κ2) is 7.58. The van der Waals surface area contributed by atoms with Gasteiger partial charge in [0.2, 0.25) is 5.91 Å². The van der Waals surface area contributed by atoms with Gasteiger partial charge in [-0.25, -0.2) is 4.68 Å². The van der Waals surface area contributed by atoms with Gasteiger partial charge in [0.1, 0.15) is 0 Å². The number of benzene rings is 1. The van der Waals surface area contributed by atoms with E-state index >= 15 is 0 Å². The molecule has 1 saturated carbocycles. The number of hydrogen-bond donors (Lipinski definition) is 1. The number of amides is 1. The number of carbonyl (C=O) groups excluding carboxylic acids is 1. The minimum Gasteiger partial charge on any atom is -0.350 e. The van der Waals surface area contributed by atoms with Crippen molar-refractivity contribution in [2.24, 2.45) is 5.92 Å². The lowest BCUT2D eigenvalue weighted by molar-refractivity contribution is -0.127. The second-order valence-corrected chi connectivity index (χ2v) is 7.41. The highest BCUT2D eigenvalue weighted by atomic mass is 16.2. The van der Waals surface area contributed by atoms with Gasteiger partial charge in [-0.15, -0.1) is 0 Å². The van der Waals surface area contributed by atoms with Crippen molar-refractivity contribution in [2.75, 3.05) is 19.6 Å². The molecule has 6 heteroatoms. The fourth-order valence-corrected chi connectivity index (χ4v) is 3.82. The Hall–Kier alpha value is -2.21. The maximum absolute atomic E-state index is 12.8. The summed E-state index contributed by atoms with van der Waals surface area (Å²) in [7, 11) is 0. The largest absolute Gasteiger partial charge is 0.350 e. The predicted molar refractivity (Wildman–Crippen MR) is 101 cm³/mol. The number of likely N-dealkylation sites (tertiary alicyclic amines) is 1. The van der Waals surface area contributed by atoms with E-state index in [2.05, 4.69) is 15.3 Å². The Bertz CT molecular complexity index is 851. The van der Waals surface area contributed by atoms with Crippen LogP contribution in [0.3, 0.4) is 0 Å². The van der Waals surface area contributed by atoms with Gasteiger partial charge in [0.05, 0.1) is 24.2 Å². The minimum absolute atomic E-state index is 0.0473. The molecule has 1 aromatic carbocycles. The van der Waals surface area contributed by atoms with Crippen molar-refractivity contribution in [1.29, 1.82) is 0 Å². The summed E-state index contributed by atoms with van der Waals surface area (Å²) in [6, 6.07) is 7.56. The van der Waals surface area contributed by atoms with E-state index in [4.69, 9.17) is 0 Å². The molecule has 1 N–H and O–H groups in total. The molecule has 1 amide bonds. The molecule has 2 aromatic rings. The first-order chi connectivity index (χ1) is 12.7. The van der Waals surface area contributed by atoms with E-state index in [1.807, 2.05) is 24.3 Å². The maximum atomic E-state index is 12.8. The molecule has 2 heterocycles. The molecule has 26 heavy (non-hydrogen) atoms. The summed E-state index contributed by atoms with van der Waals surface area (Å²) in [5, 5.41) is 9.12. The van der Waals surface area contributed by atoms with Crippen LogP contribution in [0.2, 0.25) is 0 Å². The molecule has 0 bridgehead atoms. The summed E-state index contributed by atoms with van der Waals surface area (Å²) in [5.74, 6) is 0.263. The minimum atomic E-state index is -0.0473. The van der Waals surface area contributed by atoms with Crippen molar-refractivity contribution in [3.63, 3.8) is 0 Å². The van der Waals surface area contributed by atoms with Crippen molar-refractivity contribution in [3.05, 3.63) is 40.3 Å². The molecule has 2 aliphatic rings. The van der Waals surface area contributed by atoms with Crippen LogP contribution in [0.4, 0.5) is 0 Å². The zero-order valence-electron chi connectivity index (χ0n) is 15.1. The van der Waals surface area contributed by atoms with Crippen LogP contribution in [0.25, 0.3) is 10.8 Å². The van der Waals surface area contributed by atoms with Crippen molar-refractivity contribution in [1.82, 2.24) is 20.0 Å². The summed E-state index contributed by atoms with van der Waals surface area (Å²) in [4.78, 5) is 27.3. The van der Waals surface area contributed by atoms with Crippen LogP contribution < -0.4 is 10.9 Å². The SMILES string of the molecule is O=C(NCc1nn(CCN2CCCC2)c(=O)c2ccccc12)C1CCC1. The number of rotatable bonds is 6. The third-order valence-corrected chi connectivity index (χ3v) is 5.68.